The fourth-order valence-electron chi connectivity index (χ4n) is 1.95. The number of carboxylic acid groups (broad SMARTS) is 1. The molecule has 0 atom stereocenters. The molecule has 0 saturated heterocycles. The minimum Gasteiger partial charge on any atom is -0.481 e. The number of unbranched alkanes of at least 4 members (excludes halogenated alkanes) is 5. The van der Waals surface area contributed by atoms with E-state index in [2.05, 4.69) is 20.8 Å². The Kier molecular flexibility index (Phi) is 6.81. The van der Waals surface area contributed by atoms with Gasteiger partial charge in [-0.2, -0.15) is 0 Å². The monoisotopic (exact) mass is 242 g/mol. The van der Waals surface area contributed by atoms with Gasteiger partial charge in [0.15, 0.2) is 0 Å². The Hall–Kier alpha value is -0.530. The molecule has 0 rings (SSSR count). The van der Waals surface area contributed by atoms with Crippen LogP contribution in [0.3, 0.4) is 0 Å². The molecule has 0 heterocycles. The minimum atomic E-state index is -0.687. The van der Waals surface area contributed by atoms with Crippen LogP contribution in [0.5, 0.6) is 0 Å². The summed E-state index contributed by atoms with van der Waals surface area (Å²) >= 11 is 0. The molecule has 0 amide bonds. The lowest BCUT2D eigenvalue weighted by Crippen LogP contribution is -2.39. The second kappa shape index (κ2) is 7.03. The molecule has 0 saturated carbocycles. The van der Waals surface area contributed by atoms with Gasteiger partial charge in [-0.05, 0) is 25.7 Å². The predicted octanol–water partition coefficient (Wildman–Crippen LogP) is 4.87. The van der Waals surface area contributed by atoms with Crippen molar-refractivity contribution < 1.29 is 9.90 Å². The lowest BCUT2D eigenvalue weighted by atomic mass is 9.65. The number of carboxylic acids is 1. The van der Waals surface area contributed by atoms with E-state index >= 15 is 0 Å². The number of hydrogen-bond acceptors (Lipinski definition) is 1. The SMILES string of the molecule is CCCCCCCCC(C)(C)C(C)(C)C(=O)O. The third-order valence-corrected chi connectivity index (χ3v) is 4.38. The number of aliphatic carboxylic acids is 1. The molecular formula is C15H30O2. The van der Waals surface area contributed by atoms with Crippen LogP contribution in [0.1, 0.15) is 79.6 Å². The van der Waals surface area contributed by atoms with Gasteiger partial charge >= 0.3 is 5.97 Å². The molecule has 0 spiro atoms. The molecule has 0 unspecified atom stereocenters. The topological polar surface area (TPSA) is 37.3 Å². The third-order valence-electron chi connectivity index (χ3n) is 4.38. The molecule has 0 aromatic carbocycles. The van der Waals surface area contributed by atoms with Crippen LogP contribution in [0.15, 0.2) is 0 Å². The van der Waals surface area contributed by atoms with Crippen molar-refractivity contribution in [1.29, 1.82) is 0 Å². The van der Waals surface area contributed by atoms with E-state index < -0.39 is 11.4 Å². The Labute approximate surface area is 107 Å². The zero-order valence-electron chi connectivity index (χ0n) is 12.3. The van der Waals surface area contributed by atoms with Crippen LogP contribution in [0.4, 0.5) is 0 Å². The Morgan fingerprint density at radius 3 is 1.88 bits per heavy atom. The van der Waals surface area contributed by atoms with Gasteiger partial charge in [-0.1, -0.05) is 59.3 Å². The van der Waals surface area contributed by atoms with Crippen LogP contribution < -0.4 is 0 Å². The van der Waals surface area contributed by atoms with Crippen LogP contribution in [-0.4, -0.2) is 11.1 Å². The molecule has 0 fully saturated rings. The van der Waals surface area contributed by atoms with Gasteiger partial charge in [0.2, 0.25) is 0 Å². The maximum atomic E-state index is 11.2. The highest BCUT2D eigenvalue weighted by molar-refractivity contribution is 5.74. The predicted molar refractivity (Wildman–Crippen MR) is 73.2 cm³/mol. The van der Waals surface area contributed by atoms with Gasteiger partial charge in [-0.15, -0.1) is 0 Å². The largest absolute Gasteiger partial charge is 0.481 e. The third kappa shape index (κ3) is 5.10. The van der Waals surface area contributed by atoms with Crippen LogP contribution in [0.25, 0.3) is 0 Å². The smallest absolute Gasteiger partial charge is 0.309 e. The first-order valence-corrected chi connectivity index (χ1v) is 6.99. The average Bonchev–Trinajstić information content (AvgIpc) is 2.22. The van der Waals surface area contributed by atoms with Crippen molar-refractivity contribution in [2.24, 2.45) is 10.8 Å². The molecule has 102 valence electrons. The van der Waals surface area contributed by atoms with E-state index in [1.54, 1.807) is 0 Å². The van der Waals surface area contributed by atoms with Crippen molar-refractivity contribution in [2.45, 2.75) is 79.6 Å². The fraction of sp³-hybridized carbons (Fsp3) is 0.933. The second-order valence-electron chi connectivity index (χ2n) is 6.33. The molecule has 2 heteroatoms. The summed E-state index contributed by atoms with van der Waals surface area (Å²) in [4.78, 5) is 11.2. The second-order valence-corrected chi connectivity index (χ2v) is 6.33. The Morgan fingerprint density at radius 1 is 0.941 bits per heavy atom. The first-order chi connectivity index (χ1) is 7.75. The van der Waals surface area contributed by atoms with Crippen LogP contribution in [0, 0.1) is 10.8 Å². The first-order valence-electron chi connectivity index (χ1n) is 6.99. The van der Waals surface area contributed by atoms with Gasteiger partial charge < -0.3 is 5.11 Å². The lowest BCUT2D eigenvalue weighted by molar-refractivity contribution is -0.154. The Morgan fingerprint density at radius 2 is 1.41 bits per heavy atom. The standard InChI is InChI=1S/C15H30O2/c1-6-7-8-9-10-11-12-14(2,3)15(4,5)13(16)17/h6-12H2,1-5H3,(H,16,17). The molecule has 17 heavy (non-hydrogen) atoms. The van der Waals surface area contributed by atoms with E-state index in [1.807, 2.05) is 13.8 Å². The molecule has 0 aliphatic carbocycles. The summed E-state index contributed by atoms with van der Waals surface area (Å²) in [7, 11) is 0. The molecule has 2 nitrogen and oxygen atoms in total. The van der Waals surface area contributed by atoms with Gasteiger partial charge in [-0.3, -0.25) is 4.79 Å². The fourth-order valence-corrected chi connectivity index (χ4v) is 1.95. The Balaban J connectivity index is 3.98. The number of rotatable bonds is 9. The van der Waals surface area contributed by atoms with Crippen molar-refractivity contribution in [3.63, 3.8) is 0 Å². The Bertz CT molecular complexity index is 229. The quantitative estimate of drug-likeness (QED) is 0.585. The molecule has 0 aromatic heterocycles. The van der Waals surface area contributed by atoms with E-state index in [4.69, 9.17) is 0 Å². The molecule has 0 bridgehead atoms. The van der Waals surface area contributed by atoms with E-state index in [0.29, 0.717) is 0 Å². The van der Waals surface area contributed by atoms with Crippen LogP contribution >= 0.6 is 0 Å². The molecule has 0 aromatic rings. The van der Waals surface area contributed by atoms with E-state index in [1.165, 1.54) is 32.1 Å². The molecule has 0 radical (unpaired) electrons. The van der Waals surface area contributed by atoms with Crippen molar-refractivity contribution in [3.8, 4) is 0 Å². The van der Waals surface area contributed by atoms with Crippen molar-refractivity contribution in [1.82, 2.24) is 0 Å². The number of hydrogen-bond donors (Lipinski definition) is 1. The lowest BCUT2D eigenvalue weighted by Gasteiger charge is -2.38. The minimum absolute atomic E-state index is 0.135. The maximum Gasteiger partial charge on any atom is 0.309 e. The van der Waals surface area contributed by atoms with Crippen LogP contribution in [-0.2, 0) is 4.79 Å². The highest BCUT2D eigenvalue weighted by Crippen LogP contribution is 2.42. The van der Waals surface area contributed by atoms with Gasteiger partial charge in [0.25, 0.3) is 0 Å². The normalized spacial score (nSPS) is 12.8. The zero-order chi connectivity index (χ0) is 13.5. The summed E-state index contributed by atoms with van der Waals surface area (Å²) in [5, 5.41) is 9.25. The molecule has 1 N–H and O–H groups in total. The summed E-state index contributed by atoms with van der Waals surface area (Å²) in [5.41, 5.74) is -0.778. The van der Waals surface area contributed by atoms with E-state index in [-0.39, 0.29) is 5.41 Å². The summed E-state index contributed by atoms with van der Waals surface area (Å²) in [6.07, 6.45) is 8.59. The van der Waals surface area contributed by atoms with Crippen molar-refractivity contribution in [2.75, 3.05) is 0 Å². The van der Waals surface area contributed by atoms with Gasteiger partial charge in [0.05, 0.1) is 5.41 Å². The van der Waals surface area contributed by atoms with Gasteiger partial charge in [0.1, 0.15) is 0 Å². The van der Waals surface area contributed by atoms with Crippen molar-refractivity contribution in [3.05, 3.63) is 0 Å². The number of carbonyl (C=O) groups is 1. The highest BCUT2D eigenvalue weighted by atomic mass is 16.4. The molecule has 0 aliphatic heterocycles. The maximum absolute atomic E-state index is 11.2. The van der Waals surface area contributed by atoms with E-state index in [9.17, 15) is 9.90 Å². The molecular weight excluding hydrogens is 212 g/mol. The highest BCUT2D eigenvalue weighted by Gasteiger charge is 2.42. The van der Waals surface area contributed by atoms with Gasteiger partial charge in [-0.25, -0.2) is 0 Å². The summed E-state index contributed by atoms with van der Waals surface area (Å²) in [6, 6.07) is 0. The van der Waals surface area contributed by atoms with Crippen molar-refractivity contribution >= 4 is 5.97 Å². The van der Waals surface area contributed by atoms with Gasteiger partial charge in [0, 0.05) is 0 Å². The average molecular weight is 242 g/mol. The van der Waals surface area contributed by atoms with E-state index in [0.717, 1.165) is 12.8 Å². The summed E-state index contributed by atoms with van der Waals surface area (Å²) < 4.78 is 0. The zero-order valence-corrected chi connectivity index (χ0v) is 12.3. The summed E-state index contributed by atoms with van der Waals surface area (Å²) in [6.45, 7) is 10.1. The summed E-state index contributed by atoms with van der Waals surface area (Å²) in [5.74, 6) is -0.687. The first kappa shape index (κ1) is 16.5. The molecule has 0 aliphatic rings. The van der Waals surface area contributed by atoms with Crippen LogP contribution in [0.2, 0.25) is 0 Å².